The van der Waals surface area contributed by atoms with E-state index in [9.17, 15) is 4.79 Å². The highest BCUT2D eigenvalue weighted by Gasteiger charge is 2.13. The van der Waals surface area contributed by atoms with E-state index in [0.717, 1.165) is 5.69 Å². The van der Waals surface area contributed by atoms with Gasteiger partial charge in [0.1, 0.15) is 5.82 Å². The Morgan fingerprint density at radius 2 is 2.04 bits per heavy atom. The third-order valence-electron chi connectivity index (χ3n) is 2.99. The summed E-state index contributed by atoms with van der Waals surface area (Å²) in [5.41, 5.74) is 12.6. The molecule has 3 aromatic heterocycles. The van der Waals surface area contributed by atoms with E-state index in [1.165, 1.54) is 18.6 Å². The molecule has 0 fully saturated rings. The fourth-order valence-corrected chi connectivity index (χ4v) is 1.98. The number of amides is 1. The Labute approximate surface area is 131 Å². The molecule has 1 amide bonds. The predicted molar refractivity (Wildman–Crippen MR) is 84.4 cm³/mol. The van der Waals surface area contributed by atoms with Crippen molar-refractivity contribution in [1.29, 1.82) is 0 Å². The summed E-state index contributed by atoms with van der Waals surface area (Å²) in [5.74, 6) is 0.0693. The van der Waals surface area contributed by atoms with Crippen LogP contribution in [0.4, 0.5) is 17.3 Å². The highest BCUT2D eigenvalue weighted by molar-refractivity contribution is 6.05. The van der Waals surface area contributed by atoms with Gasteiger partial charge in [-0.15, -0.1) is 0 Å². The summed E-state index contributed by atoms with van der Waals surface area (Å²) in [5, 5.41) is 6.83. The summed E-state index contributed by atoms with van der Waals surface area (Å²) >= 11 is 0. The minimum Gasteiger partial charge on any atom is -0.384 e. The lowest BCUT2D eigenvalue weighted by Gasteiger charge is -2.03. The fraction of sp³-hybridized carbons (Fsp3) is 0.0714. The second-order valence-electron chi connectivity index (χ2n) is 4.72. The van der Waals surface area contributed by atoms with Gasteiger partial charge in [0.15, 0.2) is 11.5 Å². The molecule has 5 N–H and O–H groups in total. The molecule has 0 aromatic carbocycles. The van der Waals surface area contributed by atoms with E-state index >= 15 is 0 Å². The van der Waals surface area contributed by atoms with Crippen LogP contribution in [0.25, 0.3) is 0 Å². The zero-order valence-corrected chi connectivity index (χ0v) is 12.0. The SMILES string of the molecule is Nc1cccc(Cn2cc(NC(=O)c3nccnc3N)cn2)n1. The summed E-state index contributed by atoms with van der Waals surface area (Å²) in [6, 6.07) is 5.38. The first-order valence-corrected chi connectivity index (χ1v) is 6.73. The van der Waals surface area contributed by atoms with Gasteiger partial charge in [-0.25, -0.2) is 15.0 Å². The second kappa shape index (κ2) is 6.10. The molecule has 0 unspecified atom stereocenters. The summed E-state index contributed by atoms with van der Waals surface area (Å²) in [4.78, 5) is 24.0. The maximum absolute atomic E-state index is 12.1. The van der Waals surface area contributed by atoms with Crippen LogP contribution in [0.1, 0.15) is 16.2 Å². The van der Waals surface area contributed by atoms with Gasteiger partial charge in [-0.05, 0) is 12.1 Å². The van der Waals surface area contributed by atoms with E-state index in [4.69, 9.17) is 11.5 Å². The molecule has 0 atom stereocenters. The van der Waals surface area contributed by atoms with Crippen molar-refractivity contribution >= 4 is 23.2 Å². The summed E-state index contributed by atoms with van der Waals surface area (Å²) < 4.78 is 1.64. The molecule has 0 aliphatic carbocycles. The quantitative estimate of drug-likeness (QED) is 0.639. The van der Waals surface area contributed by atoms with Crippen LogP contribution in [-0.2, 0) is 6.54 Å². The Balaban J connectivity index is 1.70. The van der Waals surface area contributed by atoms with Gasteiger partial charge in [-0.3, -0.25) is 9.48 Å². The normalized spacial score (nSPS) is 10.4. The van der Waals surface area contributed by atoms with Crippen LogP contribution in [0.15, 0.2) is 43.0 Å². The monoisotopic (exact) mass is 310 g/mol. The number of pyridine rings is 1. The zero-order chi connectivity index (χ0) is 16.2. The van der Waals surface area contributed by atoms with E-state index in [1.54, 1.807) is 16.9 Å². The Morgan fingerprint density at radius 3 is 2.83 bits per heavy atom. The molecule has 0 aliphatic heterocycles. The molecule has 0 bridgehead atoms. The third-order valence-corrected chi connectivity index (χ3v) is 2.99. The number of nitrogens with two attached hydrogens (primary N) is 2. The maximum atomic E-state index is 12.1. The van der Waals surface area contributed by atoms with E-state index in [-0.39, 0.29) is 11.5 Å². The van der Waals surface area contributed by atoms with Crippen molar-refractivity contribution in [2.75, 3.05) is 16.8 Å². The first-order valence-electron chi connectivity index (χ1n) is 6.73. The van der Waals surface area contributed by atoms with Gasteiger partial charge in [-0.2, -0.15) is 5.10 Å². The van der Waals surface area contributed by atoms with Crippen molar-refractivity contribution in [3.63, 3.8) is 0 Å². The highest BCUT2D eigenvalue weighted by atomic mass is 16.1. The first-order chi connectivity index (χ1) is 11.1. The predicted octanol–water partition coefficient (Wildman–Crippen LogP) is 0.533. The lowest BCUT2D eigenvalue weighted by atomic mass is 10.3. The minimum absolute atomic E-state index is 0.0674. The Kier molecular flexibility index (Phi) is 3.83. The molecule has 9 heteroatoms. The molecule has 0 saturated heterocycles. The van der Waals surface area contributed by atoms with Gasteiger partial charge in [0, 0.05) is 18.6 Å². The van der Waals surface area contributed by atoms with Gasteiger partial charge in [0.05, 0.1) is 24.1 Å². The number of nitrogen functional groups attached to an aromatic ring is 2. The number of hydrogen-bond acceptors (Lipinski definition) is 7. The molecule has 3 aromatic rings. The average Bonchev–Trinajstić information content (AvgIpc) is 2.94. The van der Waals surface area contributed by atoms with E-state index in [1.807, 2.05) is 12.1 Å². The molecular formula is C14H14N8O. The molecule has 3 rings (SSSR count). The number of nitrogens with zero attached hydrogens (tertiary/aromatic N) is 5. The van der Waals surface area contributed by atoms with Crippen molar-refractivity contribution in [2.24, 2.45) is 0 Å². The van der Waals surface area contributed by atoms with Crippen LogP contribution in [0, 0.1) is 0 Å². The highest BCUT2D eigenvalue weighted by Crippen LogP contribution is 2.11. The van der Waals surface area contributed by atoms with Gasteiger partial charge in [-0.1, -0.05) is 6.07 Å². The number of rotatable bonds is 4. The first kappa shape index (κ1) is 14.4. The van der Waals surface area contributed by atoms with Gasteiger partial charge in [0.2, 0.25) is 0 Å². The van der Waals surface area contributed by atoms with Gasteiger partial charge >= 0.3 is 0 Å². The Morgan fingerprint density at radius 1 is 1.22 bits per heavy atom. The van der Waals surface area contributed by atoms with Crippen molar-refractivity contribution in [1.82, 2.24) is 24.7 Å². The molecule has 9 nitrogen and oxygen atoms in total. The minimum atomic E-state index is -0.447. The summed E-state index contributed by atoms with van der Waals surface area (Å²) in [6.45, 7) is 0.439. The van der Waals surface area contributed by atoms with Crippen LogP contribution in [0.3, 0.4) is 0 Å². The molecule has 0 saturated carbocycles. The van der Waals surface area contributed by atoms with E-state index < -0.39 is 5.91 Å². The maximum Gasteiger partial charge on any atom is 0.278 e. The number of aromatic nitrogens is 5. The molecular weight excluding hydrogens is 296 g/mol. The van der Waals surface area contributed by atoms with Crippen molar-refractivity contribution in [2.45, 2.75) is 6.54 Å². The van der Waals surface area contributed by atoms with Crippen LogP contribution >= 0.6 is 0 Å². The average molecular weight is 310 g/mol. The van der Waals surface area contributed by atoms with Crippen molar-refractivity contribution in [3.8, 4) is 0 Å². The van der Waals surface area contributed by atoms with Crippen molar-refractivity contribution in [3.05, 3.63) is 54.4 Å². The summed E-state index contributed by atoms with van der Waals surface area (Å²) in [6.07, 6.45) is 6.02. The zero-order valence-electron chi connectivity index (χ0n) is 12.0. The Bertz CT molecular complexity index is 844. The Hall–Kier alpha value is -3.49. The number of carbonyl (C=O) groups is 1. The number of nitrogens with one attached hydrogen (secondary N) is 1. The van der Waals surface area contributed by atoms with E-state index in [2.05, 4.69) is 25.4 Å². The van der Waals surface area contributed by atoms with Gasteiger partial charge < -0.3 is 16.8 Å². The molecule has 116 valence electrons. The van der Waals surface area contributed by atoms with E-state index in [0.29, 0.717) is 18.1 Å². The largest absolute Gasteiger partial charge is 0.384 e. The van der Waals surface area contributed by atoms with Crippen LogP contribution < -0.4 is 16.8 Å². The van der Waals surface area contributed by atoms with Gasteiger partial charge in [0.25, 0.3) is 5.91 Å². The topological polar surface area (TPSA) is 138 Å². The standard InChI is InChI=1S/C14H14N8O/c15-11-3-1-2-9(20-11)7-22-8-10(6-19-22)21-14(23)12-13(16)18-5-4-17-12/h1-6,8H,7H2,(H2,15,20)(H2,16,18)(H,21,23). The molecule has 23 heavy (non-hydrogen) atoms. The molecule has 3 heterocycles. The second-order valence-corrected chi connectivity index (χ2v) is 4.72. The lowest BCUT2D eigenvalue weighted by Crippen LogP contribution is -2.16. The number of hydrogen-bond donors (Lipinski definition) is 3. The summed E-state index contributed by atoms with van der Waals surface area (Å²) in [7, 11) is 0. The third kappa shape index (κ3) is 3.40. The smallest absolute Gasteiger partial charge is 0.278 e. The molecule has 0 aliphatic rings. The van der Waals surface area contributed by atoms with Crippen LogP contribution in [-0.4, -0.2) is 30.6 Å². The number of anilines is 3. The van der Waals surface area contributed by atoms with Crippen molar-refractivity contribution < 1.29 is 4.79 Å². The lowest BCUT2D eigenvalue weighted by molar-refractivity contribution is 0.102. The fourth-order valence-electron chi connectivity index (χ4n) is 1.98. The van der Waals surface area contributed by atoms with Crippen LogP contribution in [0.2, 0.25) is 0 Å². The van der Waals surface area contributed by atoms with Crippen LogP contribution in [0.5, 0.6) is 0 Å². The number of carbonyl (C=O) groups excluding carboxylic acids is 1. The molecule has 0 spiro atoms. The molecule has 0 radical (unpaired) electrons.